The molecule has 0 heterocycles. The SMILES string of the molecule is CC(C)C(O)CNC(=O)c1ccc(Cl)c(N)c1. The Bertz CT molecular complexity index is 407. The number of hydrogen-bond acceptors (Lipinski definition) is 3. The predicted molar refractivity (Wildman–Crippen MR) is 69.0 cm³/mol. The first-order valence-corrected chi connectivity index (χ1v) is 5.81. The fourth-order valence-corrected chi connectivity index (χ4v) is 1.34. The van der Waals surface area contributed by atoms with Gasteiger partial charge in [0.2, 0.25) is 0 Å². The predicted octanol–water partition coefficient (Wildman–Crippen LogP) is 1.67. The van der Waals surface area contributed by atoms with Gasteiger partial charge >= 0.3 is 0 Å². The number of amides is 1. The maximum atomic E-state index is 11.7. The van der Waals surface area contributed by atoms with Crippen molar-refractivity contribution in [2.24, 2.45) is 5.92 Å². The number of carbonyl (C=O) groups is 1. The summed E-state index contributed by atoms with van der Waals surface area (Å²) in [5, 5.41) is 12.6. The van der Waals surface area contributed by atoms with E-state index in [1.54, 1.807) is 12.1 Å². The van der Waals surface area contributed by atoms with Crippen LogP contribution in [-0.2, 0) is 0 Å². The van der Waals surface area contributed by atoms with E-state index in [-0.39, 0.29) is 18.4 Å². The highest BCUT2D eigenvalue weighted by molar-refractivity contribution is 6.33. The third kappa shape index (κ3) is 3.91. The maximum Gasteiger partial charge on any atom is 0.251 e. The molecule has 1 atom stereocenters. The Morgan fingerprint density at radius 2 is 2.18 bits per heavy atom. The van der Waals surface area contributed by atoms with Crippen molar-refractivity contribution in [1.82, 2.24) is 5.32 Å². The Morgan fingerprint density at radius 3 is 2.71 bits per heavy atom. The summed E-state index contributed by atoms with van der Waals surface area (Å²) in [6.45, 7) is 3.99. The van der Waals surface area contributed by atoms with Crippen molar-refractivity contribution < 1.29 is 9.90 Å². The number of nitrogen functional groups attached to an aromatic ring is 1. The fourth-order valence-electron chi connectivity index (χ4n) is 1.22. The highest BCUT2D eigenvalue weighted by Gasteiger charge is 2.12. The molecule has 1 amide bonds. The number of nitrogens with two attached hydrogens (primary N) is 1. The molecule has 0 radical (unpaired) electrons. The van der Waals surface area contributed by atoms with Crippen LogP contribution in [0.25, 0.3) is 0 Å². The summed E-state index contributed by atoms with van der Waals surface area (Å²) < 4.78 is 0. The molecule has 0 fully saturated rings. The van der Waals surface area contributed by atoms with Crippen LogP contribution in [0, 0.1) is 5.92 Å². The number of aliphatic hydroxyl groups excluding tert-OH is 1. The molecule has 0 aromatic heterocycles. The number of carbonyl (C=O) groups excluding carboxylic acids is 1. The molecular formula is C12H17ClN2O2. The molecular weight excluding hydrogens is 240 g/mol. The minimum Gasteiger partial charge on any atom is -0.398 e. The molecule has 4 N–H and O–H groups in total. The van der Waals surface area contributed by atoms with Gasteiger partial charge in [-0.2, -0.15) is 0 Å². The quantitative estimate of drug-likeness (QED) is 0.718. The van der Waals surface area contributed by atoms with Gasteiger partial charge in [-0.15, -0.1) is 0 Å². The van der Waals surface area contributed by atoms with Gasteiger partial charge in [-0.1, -0.05) is 25.4 Å². The molecule has 0 saturated carbocycles. The van der Waals surface area contributed by atoms with Crippen LogP contribution in [0.3, 0.4) is 0 Å². The Morgan fingerprint density at radius 1 is 1.53 bits per heavy atom. The van der Waals surface area contributed by atoms with Crippen LogP contribution in [0.2, 0.25) is 5.02 Å². The van der Waals surface area contributed by atoms with Gasteiger partial charge in [-0.3, -0.25) is 4.79 Å². The van der Waals surface area contributed by atoms with Gasteiger partial charge in [0.05, 0.1) is 16.8 Å². The molecule has 0 spiro atoms. The Hall–Kier alpha value is -1.26. The van der Waals surface area contributed by atoms with Crippen molar-refractivity contribution in [3.8, 4) is 0 Å². The summed E-state index contributed by atoms with van der Waals surface area (Å²) in [7, 11) is 0. The topological polar surface area (TPSA) is 75.3 Å². The van der Waals surface area contributed by atoms with Gasteiger partial charge in [0.1, 0.15) is 0 Å². The van der Waals surface area contributed by atoms with Crippen LogP contribution in [-0.4, -0.2) is 23.7 Å². The number of hydrogen-bond donors (Lipinski definition) is 3. The fraction of sp³-hybridized carbons (Fsp3) is 0.417. The average Bonchev–Trinajstić information content (AvgIpc) is 2.28. The number of anilines is 1. The lowest BCUT2D eigenvalue weighted by molar-refractivity contribution is 0.0871. The monoisotopic (exact) mass is 256 g/mol. The molecule has 5 heteroatoms. The molecule has 0 bridgehead atoms. The van der Waals surface area contributed by atoms with E-state index in [4.69, 9.17) is 17.3 Å². The largest absolute Gasteiger partial charge is 0.398 e. The second-order valence-corrected chi connectivity index (χ2v) is 4.66. The summed E-state index contributed by atoms with van der Waals surface area (Å²) >= 11 is 5.76. The molecule has 94 valence electrons. The van der Waals surface area contributed by atoms with Gasteiger partial charge in [-0.25, -0.2) is 0 Å². The van der Waals surface area contributed by atoms with E-state index in [1.165, 1.54) is 6.07 Å². The zero-order valence-corrected chi connectivity index (χ0v) is 10.7. The average molecular weight is 257 g/mol. The van der Waals surface area contributed by atoms with Gasteiger partial charge in [-0.05, 0) is 24.1 Å². The van der Waals surface area contributed by atoms with E-state index in [2.05, 4.69) is 5.32 Å². The molecule has 1 unspecified atom stereocenters. The zero-order valence-electron chi connectivity index (χ0n) is 9.90. The smallest absolute Gasteiger partial charge is 0.251 e. The second kappa shape index (κ2) is 5.89. The first-order chi connectivity index (χ1) is 7.91. The lowest BCUT2D eigenvalue weighted by Crippen LogP contribution is -2.34. The lowest BCUT2D eigenvalue weighted by atomic mass is 10.1. The van der Waals surface area contributed by atoms with E-state index in [0.29, 0.717) is 16.3 Å². The third-order valence-electron chi connectivity index (χ3n) is 2.50. The highest BCUT2D eigenvalue weighted by Crippen LogP contribution is 2.19. The van der Waals surface area contributed by atoms with Crippen LogP contribution in [0.1, 0.15) is 24.2 Å². The molecule has 0 aliphatic rings. The van der Waals surface area contributed by atoms with Gasteiger partial charge < -0.3 is 16.2 Å². The van der Waals surface area contributed by atoms with Crippen LogP contribution in [0.4, 0.5) is 5.69 Å². The standard InChI is InChI=1S/C12H17ClN2O2/c1-7(2)11(16)6-15-12(17)8-3-4-9(13)10(14)5-8/h3-5,7,11,16H,6,14H2,1-2H3,(H,15,17). The van der Waals surface area contributed by atoms with Crippen molar-refractivity contribution in [2.45, 2.75) is 20.0 Å². The first-order valence-electron chi connectivity index (χ1n) is 5.43. The molecule has 1 aromatic rings. The molecule has 1 rings (SSSR count). The Balaban J connectivity index is 2.61. The van der Waals surface area contributed by atoms with E-state index < -0.39 is 6.10 Å². The summed E-state index contributed by atoms with van der Waals surface area (Å²) in [4.78, 5) is 11.7. The highest BCUT2D eigenvalue weighted by atomic mass is 35.5. The third-order valence-corrected chi connectivity index (χ3v) is 2.84. The van der Waals surface area contributed by atoms with Crippen molar-refractivity contribution in [3.63, 3.8) is 0 Å². The summed E-state index contributed by atoms with van der Waals surface area (Å²) in [6, 6.07) is 4.68. The Labute approximate surface area is 106 Å². The van der Waals surface area contributed by atoms with Gasteiger partial charge in [0.15, 0.2) is 0 Å². The molecule has 1 aromatic carbocycles. The van der Waals surface area contributed by atoms with E-state index in [9.17, 15) is 9.90 Å². The minimum absolute atomic E-state index is 0.102. The zero-order chi connectivity index (χ0) is 13.0. The van der Waals surface area contributed by atoms with Gasteiger partial charge in [0.25, 0.3) is 5.91 Å². The number of rotatable bonds is 4. The lowest BCUT2D eigenvalue weighted by Gasteiger charge is -2.15. The summed E-state index contributed by atoms with van der Waals surface area (Å²) in [5.41, 5.74) is 6.40. The van der Waals surface area contributed by atoms with Crippen molar-refractivity contribution in [1.29, 1.82) is 0 Å². The van der Waals surface area contributed by atoms with Crippen molar-refractivity contribution in [2.75, 3.05) is 12.3 Å². The van der Waals surface area contributed by atoms with Crippen LogP contribution >= 0.6 is 11.6 Å². The number of nitrogens with one attached hydrogen (secondary N) is 1. The minimum atomic E-state index is -0.552. The van der Waals surface area contributed by atoms with E-state index in [0.717, 1.165) is 0 Å². The number of benzene rings is 1. The number of aliphatic hydroxyl groups is 1. The normalized spacial score (nSPS) is 12.5. The first kappa shape index (κ1) is 13.8. The van der Waals surface area contributed by atoms with Crippen molar-refractivity contribution in [3.05, 3.63) is 28.8 Å². The van der Waals surface area contributed by atoms with Crippen molar-refractivity contribution >= 4 is 23.2 Å². The molecule has 4 nitrogen and oxygen atoms in total. The summed E-state index contributed by atoms with van der Waals surface area (Å²) in [6.07, 6.45) is -0.552. The maximum absolute atomic E-state index is 11.7. The van der Waals surface area contributed by atoms with Crippen LogP contribution < -0.4 is 11.1 Å². The van der Waals surface area contributed by atoms with Crippen LogP contribution in [0.15, 0.2) is 18.2 Å². The number of halogens is 1. The molecule has 0 aliphatic heterocycles. The molecule has 0 saturated heterocycles. The van der Waals surface area contributed by atoms with E-state index in [1.807, 2.05) is 13.8 Å². The second-order valence-electron chi connectivity index (χ2n) is 4.26. The van der Waals surface area contributed by atoms with Gasteiger partial charge in [0, 0.05) is 12.1 Å². The Kier molecular flexibility index (Phi) is 4.78. The molecule has 17 heavy (non-hydrogen) atoms. The molecule has 0 aliphatic carbocycles. The summed E-state index contributed by atoms with van der Waals surface area (Å²) in [5.74, 6) is -0.168. The van der Waals surface area contributed by atoms with Crippen LogP contribution in [0.5, 0.6) is 0 Å². The van der Waals surface area contributed by atoms with E-state index >= 15 is 0 Å².